The molecule has 1 aliphatic rings. The normalized spacial score (nSPS) is 17.3. The lowest BCUT2D eigenvalue weighted by atomic mass is 10.1. The SMILES string of the molecule is O=[N+]([O-])c1cccc(F)c1CN1CCN(CC(F)F)CC1. The van der Waals surface area contributed by atoms with Gasteiger partial charge in [0.1, 0.15) is 5.82 Å². The first-order valence-electron chi connectivity index (χ1n) is 6.62. The quantitative estimate of drug-likeness (QED) is 0.617. The highest BCUT2D eigenvalue weighted by Crippen LogP contribution is 2.23. The van der Waals surface area contributed by atoms with E-state index in [4.69, 9.17) is 0 Å². The zero-order valence-corrected chi connectivity index (χ0v) is 11.3. The molecular weight excluding hydrogens is 287 g/mol. The van der Waals surface area contributed by atoms with Gasteiger partial charge in [-0.2, -0.15) is 0 Å². The Balaban J connectivity index is 1.99. The number of nitro benzene ring substituents is 1. The fraction of sp³-hybridized carbons (Fsp3) is 0.538. The molecule has 0 spiro atoms. The van der Waals surface area contributed by atoms with Crippen molar-refractivity contribution in [3.8, 4) is 0 Å². The Morgan fingerprint density at radius 3 is 2.38 bits per heavy atom. The lowest BCUT2D eigenvalue weighted by molar-refractivity contribution is -0.386. The predicted octanol–water partition coefficient (Wildman–Crippen LogP) is 2.12. The van der Waals surface area contributed by atoms with Crippen LogP contribution in [0, 0.1) is 15.9 Å². The van der Waals surface area contributed by atoms with Crippen molar-refractivity contribution in [3.63, 3.8) is 0 Å². The van der Waals surface area contributed by atoms with Gasteiger partial charge < -0.3 is 0 Å². The van der Waals surface area contributed by atoms with Crippen molar-refractivity contribution in [3.05, 3.63) is 39.7 Å². The summed E-state index contributed by atoms with van der Waals surface area (Å²) in [5.74, 6) is -0.612. The standard InChI is InChI=1S/C13H16F3N3O2/c14-11-2-1-3-12(19(20)21)10(11)8-17-4-6-18(7-5-17)9-13(15)16/h1-3,13H,4-9H2. The van der Waals surface area contributed by atoms with E-state index in [1.54, 1.807) is 4.90 Å². The van der Waals surface area contributed by atoms with E-state index in [1.807, 2.05) is 4.90 Å². The number of piperazine rings is 1. The Hall–Kier alpha value is -1.67. The number of nitrogens with zero attached hydrogens (tertiary/aromatic N) is 3. The zero-order valence-electron chi connectivity index (χ0n) is 11.3. The van der Waals surface area contributed by atoms with Crippen LogP contribution in [0.2, 0.25) is 0 Å². The van der Waals surface area contributed by atoms with E-state index in [0.29, 0.717) is 26.2 Å². The third-order valence-corrected chi connectivity index (χ3v) is 3.53. The second kappa shape index (κ2) is 6.86. The van der Waals surface area contributed by atoms with E-state index >= 15 is 0 Å². The first kappa shape index (κ1) is 15.7. The minimum absolute atomic E-state index is 0.0461. The molecule has 1 fully saturated rings. The van der Waals surface area contributed by atoms with Gasteiger partial charge in [-0.1, -0.05) is 6.07 Å². The molecule has 0 aliphatic carbocycles. The van der Waals surface area contributed by atoms with Crippen LogP contribution in [0.4, 0.5) is 18.9 Å². The monoisotopic (exact) mass is 303 g/mol. The number of alkyl halides is 2. The van der Waals surface area contributed by atoms with Crippen LogP contribution in [0.5, 0.6) is 0 Å². The summed E-state index contributed by atoms with van der Waals surface area (Å²) < 4.78 is 38.3. The van der Waals surface area contributed by atoms with Gasteiger partial charge in [0.05, 0.1) is 17.0 Å². The smallest absolute Gasteiger partial charge is 0.276 e. The lowest BCUT2D eigenvalue weighted by Gasteiger charge is -2.34. The number of halogens is 3. The van der Waals surface area contributed by atoms with Gasteiger partial charge in [-0.3, -0.25) is 19.9 Å². The molecule has 1 aliphatic heterocycles. The van der Waals surface area contributed by atoms with Gasteiger partial charge in [0.25, 0.3) is 12.1 Å². The number of nitro groups is 1. The van der Waals surface area contributed by atoms with Crippen LogP contribution in [-0.4, -0.2) is 53.9 Å². The number of benzene rings is 1. The zero-order chi connectivity index (χ0) is 15.4. The van der Waals surface area contributed by atoms with Crippen molar-refractivity contribution in [2.75, 3.05) is 32.7 Å². The molecule has 8 heteroatoms. The van der Waals surface area contributed by atoms with E-state index in [1.165, 1.54) is 18.2 Å². The van der Waals surface area contributed by atoms with Crippen LogP contribution < -0.4 is 0 Å². The molecule has 21 heavy (non-hydrogen) atoms. The van der Waals surface area contributed by atoms with Crippen molar-refractivity contribution in [1.29, 1.82) is 0 Å². The Morgan fingerprint density at radius 2 is 1.81 bits per heavy atom. The Bertz CT molecular complexity index is 505. The highest BCUT2D eigenvalue weighted by molar-refractivity contribution is 5.40. The van der Waals surface area contributed by atoms with Crippen molar-refractivity contribution < 1.29 is 18.1 Å². The summed E-state index contributed by atoms with van der Waals surface area (Å²) in [6.45, 7) is 1.72. The largest absolute Gasteiger partial charge is 0.296 e. The van der Waals surface area contributed by atoms with Crippen LogP contribution in [0.15, 0.2) is 18.2 Å². The van der Waals surface area contributed by atoms with E-state index in [9.17, 15) is 23.3 Å². The van der Waals surface area contributed by atoms with Crippen LogP contribution in [-0.2, 0) is 6.54 Å². The first-order chi connectivity index (χ1) is 9.97. The van der Waals surface area contributed by atoms with Gasteiger partial charge in [0.15, 0.2) is 0 Å². The highest BCUT2D eigenvalue weighted by atomic mass is 19.3. The predicted molar refractivity (Wildman–Crippen MR) is 70.8 cm³/mol. The van der Waals surface area contributed by atoms with Gasteiger partial charge >= 0.3 is 0 Å². The lowest BCUT2D eigenvalue weighted by Crippen LogP contribution is -2.47. The third-order valence-electron chi connectivity index (χ3n) is 3.53. The molecule has 0 saturated carbocycles. The second-order valence-electron chi connectivity index (χ2n) is 4.96. The molecule has 1 heterocycles. The van der Waals surface area contributed by atoms with Crippen LogP contribution in [0.3, 0.4) is 0 Å². The maximum atomic E-state index is 13.8. The van der Waals surface area contributed by atoms with Crippen molar-refractivity contribution in [1.82, 2.24) is 9.80 Å². The average molecular weight is 303 g/mol. The van der Waals surface area contributed by atoms with Crippen LogP contribution in [0.1, 0.15) is 5.56 Å². The summed E-state index contributed by atoms with van der Waals surface area (Å²) in [4.78, 5) is 13.8. The Labute approximate surface area is 120 Å². The molecule has 1 aromatic carbocycles. The number of hydrogen-bond acceptors (Lipinski definition) is 4. The van der Waals surface area contributed by atoms with E-state index in [0.717, 1.165) is 0 Å². The molecule has 0 aromatic heterocycles. The molecule has 0 amide bonds. The molecule has 116 valence electrons. The summed E-state index contributed by atoms with van der Waals surface area (Å²) in [6.07, 6.45) is -2.37. The minimum Gasteiger partial charge on any atom is -0.296 e. The van der Waals surface area contributed by atoms with E-state index in [-0.39, 0.29) is 24.3 Å². The van der Waals surface area contributed by atoms with E-state index in [2.05, 4.69) is 0 Å². The topological polar surface area (TPSA) is 49.6 Å². The minimum atomic E-state index is -2.37. The van der Waals surface area contributed by atoms with Crippen molar-refractivity contribution in [2.24, 2.45) is 0 Å². The molecular formula is C13H16F3N3O2. The highest BCUT2D eigenvalue weighted by Gasteiger charge is 2.24. The number of hydrogen-bond donors (Lipinski definition) is 0. The maximum absolute atomic E-state index is 13.8. The molecule has 1 aromatic rings. The van der Waals surface area contributed by atoms with Crippen molar-refractivity contribution >= 4 is 5.69 Å². The number of rotatable bonds is 5. The molecule has 0 bridgehead atoms. The van der Waals surface area contributed by atoms with Gasteiger partial charge in [-0.15, -0.1) is 0 Å². The van der Waals surface area contributed by atoms with Gasteiger partial charge in [0.2, 0.25) is 0 Å². The second-order valence-corrected chi connectivity index (χ2v) is 4.96. The maximum Gasteiger partial charge on any atom is 0.276 e. The Kier molecular flexibility index (Phi) is 5.13. The molecule has 0 unspecified atom stereocenters. The van der Waals surface area contributed by atoms with Gasteiger partial charge in [-0.25, -0.2) is 13.2 Å². The summed E-state index contributed by atoms with van der Waals surface area (Å²) in [5, 5.41) is 10.9. The van der Waals surface area contributed by atoms with E-state index < -0.39 is 17.2 Å². The summed E-state index contributed by atoms with van der Waals surface area (Å²) >= 11 is 0. The summed E-state index contributed by atoms with van der Waals surface area (Å²) in [6, 6.07) is 3.76. The molecule has 0 radical (unpaired) electrons. The first-order valence-corrected chi connectivity index (χ1v) is 6.62. The molecule has 2 rings (SSSR count). The third kappa shape index (κ3) is 4.15. The van der Waals surface area contributed by atoms with Gasteiger partial charge in [-0.05, 0) is 6.07 Å². The Morgan fingerprint density at radius 1 is 1.19 bits per heavy atom. The molecule has 1 saturated heterocycles. The average Bonchev–Trinajstić information content (AvgIpc) is 2.42. The molecule has 0 N–H and O–H groups in total. The summed E-state index contributed by atoms with van der Waals surface area (Å²) in [7, 11) is 0. The van der Waals surface area contributed by atoms with Gasteiger partial charge in [0, 0.05) is 38.8 Å². The summed E-state index contributed by atoms with van der Waals surface area (Å²) in [5.41, 5.74) is -0.199. The fourth-order valence-corrected chi connectivity index (χ4v) is 2.42. The fourth-order valence-electron chi connectivity index (χ4n) is 2.42. The van der Waals surface area contributed by atoms with Crippen LogP contribution >= 0.6 is 0 Å². The molecule has 0 atom stereocenters. The van der Waals surface area contributed by atoms with Crippen molar-refractivity contribution in [2.45, 2.75) is 13.0 Å². The van der Waals surface area contributed by atoms with Crippen LogP contribution in [0.25, 0.3) is 0 Å². The molecule has 5 nitrogen and oxygen atoms in total.